The predicted molar refractivity (Wildman–Crippen MR) is 61.1 cm³/mol. The van der Waals surface area contributed by atoms with Gasteiger partial charge in [0.15, 0.2) is 0 Å². The number of nitrogens with one attached hydrogen (secondary N) is 1. The van der Waals surface area contributed by atoms with Crippen LogP contribution in [-0.2, 0) is 0 Å². The summed E-state index contributed by atoms with van der Waals surface area (Å²) in [5, 5.41) is 3.34. The fourth-order valence-electron chi connectivity index (χ4n) is 2.36. The highest BCUT2D eigenvalue weighted by molar-refractivity contribution is 5.76. The van der Waals surface area contributed by atoms with Gasteiger partial charge in [0.1, 0.15) is 24.1 Å². The fraction of sp³-hybridized carbons (Fsp3) is 0.364. The van der Waals surface area contributed by atoms with Crippen molar-refractivity contribution >= 4 is 5.82 Å². The molecule has 3 heterocycles. The van der Waals surface area contributed by atoms with Gasteiger partial charge in [-0.05, 0) is 20.8 Å². The fourth-order valence-corrected chi connectivity index (χ4v) is 2.36. The molecule has 0 fully saturated rings. The second-order valence-electron chi connectivity index (χ2n) is 4.07. The summed E-state index contributed by atoms with van der Waals surface area (Å²) < 4.78 is 2.18. The molecule has 0 bridgehead atoms. The first-order valence-corrected chi connectivity index (χ1v) is 5.31. The van der Waals surface area contributed by atoms with Gasteiger partial charge in [0, 0.05) is 6.20 Å². The molecule has 3 rings (SSSR count). The highest BCUT2D eigenvalue weighted by Gasteiger charge is 2.25. The Morgan fingerprint density at radius 3 is 3.00 bits per heavy atom. The van der Waals surface area contributed by atoms with Gasteiger partial charge in [-0.1, -0.05) is 0 Å². The van der Waals surface area contributed by atoms with Gasteiger partial charge in [-0.25, -0.2) is 15.0 Å². The Labute approximate surface area is 93.6 Å². The second-order valence-corrected chi connectivity index (χ2v) is 4.07. The summed E-state index contributed by atoms with van der Waals surface area (Å²) in [6.45, 7) is 6.14. The standard InChI is InChI=1S/C11H13N5/c1-6-10-9-4-12-5-13-11(9)15-8(3)16(10)7(2)14-6/h4-5,8H,1-3H3,(H,12,13,15)/t8-/m1/s1. The number of hydrogen-bond acceptors (Lipinski definition) is 4. The Morgan fingerprint density at radius 2 is 2.19 bits per heavy atom. The first-order valence-electron chi connectivity index (χ1n) is 5.31. The molecule has 1 atom stereocenters. The van der Waals surface area contributed by atoms with Crippen LogP contribution in [0.25, 0.3) is 11.3 Å². The summed E-state index contributed by atoms with van der Waals surface area (Å²) in [5.74, 6) is 1.90. The summed E-state index contributed by atoms with van der Waals surface area (Å²) in [6, 6.07) is 0. The molecule has 0 saturated heterocycles. The number of aryl methyl sites for hydroxylation is 2. The summed E-state index contributed by atoms with van der Waals surface area (Å²) in [6.07, 6.45) is 3.58. The minimum absolute atomic E-state index is 0.179. The van der Waals surface area contributed by atoms with E-state index in [4.69, 9.17) is 0 Å². The van der Waals surface area contributed by atoms with Crippen molar-refractivity contribution in [3.63, 3.8) is 0 Å². The van der Waals surface area contributed by atoms with Crippen molar-refractivity contribution in [2.24, 2.45) is 0 Å². The van der Waals surface area contributed by atoms with Crippen LogP contribution < -0.4 is 5.32 Å². The maximum Gasteiger partial charge on any atom is 0.140 e. The molecule has 0 amide bonds. The normalized spacial score (nSPS) is 17.6. The Kier molecular flexibility index (Phi) is 1.77. The van der Waals surface area contributed by atoms with Gasteiger partial charge >= 0.3 is 0 Å². The molecule has 5 heteroatoms. The Hall–Kier alpha value is -1.91. The number of imidazole rings is 1. The third-order valence-corrected chi connectivity index (χ3v) is 2.96. The largest absolute Gasteiger partial charge is 0.349 e. The highest BCUT2D eigenvalue weighted by atomic mass is 15.3. The molecule has 82 valence electrons. The topological polar surface area (TPSA) is 55.6 Å². The summed E-state index contributed by atoms with van der Waals surface area (Å²) in [7, 11) is 0. The monoisotopic (exact) mass is 215 g/mol. The van der Waals surface area contributed by atoms with Crippen molar-refractivity contribution in [1.29, 1.82) is 0 Å². The zero-order valence-corrected chi connectivity index (χ0v) is 9.52. The smallest absolute Gasteiger partial charge is 0.140 e. The molecule has 0 aliphatic carbocycles. The van der Waals surface area contributed by atoms with Crippen LogP contribution in [-0.4, -0.2) is 19.5 Å². The van der Waals surface area contributed by atoms with Gasteiger partial charge in [-0.15, -0.1) is 0 Å². The van der Waals surface area contributed by atoms with Crippen molar-refractivity contribution < 1.29 is 0 Å². The van der Waals surface area contributed by atoms with Gasteiger partial charge in [0.2, 0.25) is 0 Å². The second kappa shape index (κ2) is 3.04. The molecule has 0 radical (unpaired) electrons. The number of hydrogen-bond donors (Lipinski definition) is 1. The van der Waals surface area contributed by atoms with E-state index in [2.05, 4.69) is 31.8 Å². The zero-order valence-electron chi connectivity index (χ0n) is 9.52. The van der Waals surface area contributed by atoms with Crippen LogP contribution in [0.3, 0.4) is 0 Å². The number of aromatic nitrogens is 4. The van der Waals surface area contributed by atoms with Crippen molar-refractivity contribution in [3.05, 3.63) is 24.0 Å². The molecular weight excluding hydrogens is 202 g/mol. The van der Waals surface area contributed by atoms with Crippen LogP contribution in [0.1, 0.15) is 24.6 Å². The lowest BCUT2D eigenvalue weighted by molar-refractivity contribution is 0.590. The van der Waals surface area contributed by atoms with E-state index in [9.17, 15) is 0 Å². The quantitative estimate of drug-likeness (QED) is 0.729. The molecule has 1 aliphatic rings. The lowest BCUT2D eigenvalue weighted by Gasteiger charge is -2.26. The first-order chi connectivity index (χ1) is 7.68. The lowest BCUT2D eigenvalue weighted by atomic mass is 10.1. The maximum atomic E-state index is 4.51. The van der Waals surface area contributed by atoms with Crippen molar-refractivity contribution in [2.75, 3.05) is 5.32 Å². The highest BCUT2D eigenvalue weighted by Crippen LogP contribution is 2.36. The van der Waals surface area contributed by atoms with Crippen molar-refractivity contribution in [1.82, 2.24) is 19.5 Å². The molecule has 0 aromatic carbocycles. The minimum atomic E-state index is 0.179. The van der Waals surface area contributed by atoms with E-state index in [0.717, 1.165) is 28.6 Å². The Balaban J connectivity index is 2.35. The molecule has 1 N–H and O–H groups in total. The van der Waals surface area contributed by atoms with E-state index in [-0.39, 0.29) is 6.17 Å². The van der Waals surface area contributed by atoms with E-state index in [1.54, 1.807) is 6.33 Å². The third-order valence-electron chi connectivity index (χ3n) is 2.96. The van der Waals surface area contributed by atoms with E-state index < -0.39 is 0 Å². The third kappa shape index (κ3) is 1.08. The number of nitrogens with zero attached hydrogens (tertiary/aromatic N) is 4. The minimum Gasteiger partial charge on any atom is -0.349 e. The number of anilines is 1. The number of rotatable bonds is 0. The van der Waals surface area contributed by atoms with Gasteiger partial charge in [0.25, 0.3) is 0 Å². The van der Waals surface area contributed by atoms with Crippen molar-refractivity contribution in [2.45, 2.75) is 26.9 Å². The number of fused-ring (bicyclic) bond motifs is 3. The molecule has 2 aromatic heterocycles. The molecular formula is C11H13N5. The Morgan fingerprint density at radius 1 is 1.38 bits per heavy atom. The van der Waals surface area contributed by atoms with Gasteiger partial charge in [-0.2, -0.15) is 0 Å². The van der Waals surface area contributed by atoms with E-state index in [0.29, 0.717) is 0 Å². The molecule has 0 saturated carbocycles. The van der Waals surface area contributed by atoms with Crippen LogP contribution >= 0.6 is 0 Å². The molecule has 16 heavy (non-hydrogen) atoms. The van der Waals surface area contributed by atoms with Crippen LogP contribution in [0.2, 0.25) is 0 Å². The summed E-state index contributed by atoms with van der Waals surface area (Å²) in [4.78, 5) is 12.8. The van der Waals surface area contributed by atoms with Crippen LogP contribution in [0.5, 0.6) is 0 Å². The van der Waals surface area contributed by atoms with Crippen LogP contribution in [0.15, 0.2) is 12.5 Å². The van der Waals surface area contributed by atoms with E-state index in [1.807, 2.05) is 20.0 Å². The van der Waals surface area contributed by atoms with E-state index in [1.165, 1.54) is 0 Å². The summed E-state index contributed by atoms with van der Waals surface area (Å²) in [5.41, 5.74) is 3.18. The molecule has 0 spiro atoms. The summed E-state index contributed by atoms with van der Waals surface area (Å²) >= 11 is 0. The lowest BCUT2D eigenvalue weighted by Crippen LogP contribution is -2.22. The van der Waals surface area contributed by atoms with Gasteiger partial charge < -0.3 is 9.88 Å². The average Bonchev–Trinajstić information content (AvgIpc) is 2.55. The van der Waals surface area contributed by atoms with Crippen LogP contribution in [0.4, 0.5) is 5.82 Å². The molecule has 5 nitrogen and oxygen atoms in total. The molecule has 2 aromatic rings. The average molecular weight is 215 g/mol. The maximum absolute atomic E-state index is 4.51. The SMILES string of the molecule is Cc1nc(C)n2c1-c1cncnc1N[C@H]2C. The molecule has 1 aliphatic heterocycles. The zero-order chi connectivity index (χ0) is 11.3. The molecule has 0 unspecified atom stereocenters. The van der Waals surface area contributed by atoms with E-state index >= 15 is 0 Å². The van der Waals surface area contributed by atoms with Crippen LogP contribution in [0, 0.1) is 13.8 Å². The first kappa shape index (κ1) is 9.33. The van der Waals surface area contributed by atoms with Gasteiger partial charge in [0.05, 0.1) is 17.0 Å². The predicted octanol–water partition coefficient (Wildman–Crippen LogP) is 1.90. The Bertz CT molecular complexity index is 557. The van der Waals surface area contributed by atoms with Gasteiger partial charge in [-0.3, -0.25) is 0 Å². The van der Waals surface area contributed by atoms with Crippen molar-refractivity contribution in [3.8, 4) is 11.3 Å².